The Kier molecular flexibility index (Phi) is 5.28. The van der Waals surface area contributed by atoms with Gasteiger partial charge in [0.05, 0.1) is 5.69 Å². The van der Waals surface area contributed by atoms with Gasteiger partial charge in [-0.25, -0.2) is 5.84 Å². The summed E-state index contributed by atoms with van der Waals surface area (Å²) in [5, 5.41) is 5.32. The first-order valence-corrected chi connectivity index (χ1v) is 6.45. The van der Waals surface area contributed by atoms with Crippen LogP contribution in [0.15, 0.2) is 41.7 Å². The SMILES string of the molecule is COCCCN=C(NN)Nc1cccc2ccncc12. The number of aromatic nitrogens is 1. The number of fused-ring (bicyclic) bond motifs is 1. The Labute approximate surface area is 118 Å². The lowest BCUT2D eigenvalue weighted by Gasteiger charge is -2.11. The van der Waals surface area contributed by atoms with Crippen LogP contribution in [-0.2, 0) is 4.74 Å². The minimum absolute atomic E-state index is 0.525. The highest BCUT2D eigenvalue weighted by atomic mass is 16.5. The number of anilines is 1. The Morgan fingerprint density at radius 1 is 1.40 bits per heavy atom. The van der Waals surface area contributed by atoms with Crippen molar-refractivity contribution in [2.75, 3.05) is 25.6 Å². The second-order valence-corrected chi connectivity index (χ2v) is 4.25. The first kappa shape index (κ1) is 14.2. The van der Waals surface area contributed by atoms with Crippen LogP contribution < -0.4 is 16.6 Å². The number of rotatable bonds is 5. The van der Waals surface area contributed by atoms with Gasteiger partial charge in [0.25, 0.3) is 0 Å². The molecular weight excluding hydrogens is 254 g/mol. The molecule has 20 heavy (non-hydrogen) atoms. The van der Waals surface area contributed by atoms with Gasteiger partial charge in [0.15, 0.2) is 0 Å². The molecule has 6 heteroatoms. The number of benzene rings is 1. The zero-order valence-corrected chi connectivity index (χ0v) is 11.5. The van der Waals surface area contributed by atoms with Crippen molar-refractivity contribution in [3.63, 3.8) is 0 Å². The number of hydrogen-bond acceptors (Lipinski definition) is 4. The Morgan fingerprint density at radius 2 is 2.30 bits per heavy atom. The zero-order chi connectivity index (χ0) is 14.2. The van der Waals surface area contributed by atoms with Crippen LogP contribution in [0, 0.1) is 0 Å². The predicted octanol–water partition coefficient (Wildman–Crippen LogP) is 1.50. The minimum atomic E-state index is 0.525. The van der Waals surface area contributed by atoms with E-state index in [1.807, 2.05) is 30.5 Å². The second-order valence-electron chi connectivity index (χ2n) is 4.25. The molecule has 2 aromatic rings. The van der Waals surface area contributed by atoms with Gasteiger partial charge in [0.1, 0.15) is 0 Å². The monoisotopic (exact) mass is 273 g/mol. The lowest BCUT2D eigenvalue weighted by molar-refractivity contribution is 0.197. The molecule has 1 heterocycles. The summed E-state index contributed by atoms with van der Waals surface area (Å²) < 4.78 is 4.98. The molecule has 0 atom stereocenters. The minimum Gasteiger partial charge on any atom is -0.385 e. The van der Waals surface area contributed by atoms with E-state index in [4.69, 9.17) is 10.6 Å². The fourth-order valence-electron chi connectivity index (χ4n) is 1.87. The highest BCUT2D eigenvalue weighted by Gasteiger charge is 2.03. The van der Waals surface area contributed by atoms with Gasteiger partial charge in [-0.05, 0) is 23.9 Å². The van der Waals surface area contributed by atoms with Crippen molar-refractivity contribution in [3.8, 4) is 0 Å². The molecule has 2 rings (SSSR count). The summed E-state index contributed by atoms with van der Waals surface area (Å²) in [7, 11) is 1.67. The molecule has 0 bridgehead atoms. The zero-order valence-electron chi connectivity index (χ0n) is 11.5. The lowest BCUT2D eigenvalue weighted by Crippen LogP contribution is -2.36. The van der Waals surface area contributed by atoms with Gasteiger partial charge in [0, 0.05) is 38.0 Å². The molecule has 0 aliphatic rings. The van der Waals surface area contributed by atoms with Crippen LogP contribution in [0.25, 0.3) is 10.8 Å². The summed E-state index contributed by atoms with van der Waals surface area (Å²) >= 11 is 0. The molecule has 1 aromatic carbocycles. The van der Waals surface area contributed by atoms with E-state index in [9.17, 15) is 0 Å². The topological polar surface area (TPSA) is 84.6 Å². The molecule has 4 N–H and O–H groups in total. The van der Waals surface area contributed by atoms with Gasteiger partial charge in [-0.2, -0.15) is 0 Å². The van der Waals surface area contributed by atoms with Crippen LogP contribution in [-0.4, -0.2) is 31.2 Å². The summed E-state index contributed by atoms with van der Waals surface area (Å²) in [6, 6.07) is 7.94. The van der Waals surface area contributed by atoms with Crippen molar-refractivity contribution >= 4 is 22.4 Å². The van der Waals surface area contributed by atoms with E-state index in [2.05, 4.69) is 20.7 Å². The standard InChI is InChI=1S/C14H19N5O/c1-20-9-3-7-17-14(19-15)18-13-5-2-4-11-6-8-16-10-12(11)13/h2,4-6,8,10H,3,7,9,15H2,1H3,(H2,17,18,19). The summed E-state index contributed by atoms with van der Waals surface area (Å²) in [5.41, 5.74) is 3.49. The van der Waals surface area contributed by atoms with Crippen LogP contribution >= 0.6 is 0 Å². The van der Waals surface area contributed by atoms with Gasteiger partial charge >= 0.3 is 0 Å². The number of methoxy groups -OCH3 is 1. The number of ether oxygens (including phenoxy) is 1. The average molecular weight is 273 g/mol. The van der Waals surface area contributed by atoms with Gasteiger partial charge < -0.3 is 10.1 Å². The highest BCUT2D eigenvalue weighted by molar-refractivity contribution is 6.02. The van der Waals surface area contributed by atoms with E-state index < -0.39 is 0 Å². The third-order valence-electron chi connectivity index (χ3n) is 2.85. The molecule has 0 aliphatic carbocycles. The molecule has 0 saturated carbocycles. The number of nitrogens with two attached hydrogens (primary N) is 1. The predicted molar refractivity (Wildman–Crippen MR) is 81.5 cm³/mol. The molecule has 106 valence electrons. The molecule has 1 aromatic heterocycles. The molecule has 6 nitrogen and oxygen atoms in total. The Bertz CT molecular complexity index is 579. The fraction of sp³-hybridized carbons (Fsp3) is 0.286. The number of pyridine rings is 1. The van der Waals surface area contributed by atoms with Crippen LogP contribution in [0.3, 0.4) is 0 Å². The van der Waals surface area contributed by atoms with E-state index in [1.54, 1.807) is 13.3 Å². The third-order valence-corrected chi connectivity index (χ3v) is 2.85. The Morgan fingerprint density at radius 3 is 3.10 bits per heavy atom. The number of nitrogens with zero attached hydrogens (tertiary/aromatic N) is 2. The molecule has 0 fully saturated rings. The summed E-state index contributed by atoms with van der Waals surface area (Å²) in [6.45, 7) is 1.32. The normalized spacial score (nSPS) is 11.6. The number of hydrogen-bond donors (Lipinski definition) is 3. The Balaban J connectivity index is 2.13. The van der Waals surface area contributed by atoms with Crippen molar-refractivity contribution in [2.24, 2.45) is 10.8 Å². The third kappa shape index (κ3) is 3.66. The molecule has 0 aliphatic heterocycles. The molecule has 0 radical (unpaired) electrons. The van der Waals surface area contributed by atoms with Crippen molar-refractivity contribution in [2.45, 2.75) is 6.42 Å². The lowest BCUT2D eigenvalue weighted by atomic mass is 10.1. The molecule has 0 saturated heterocycles. The summed E-state index contributed by atoms with van der Waals surface area (Å²) in [4.78, 5) is 8.50. The molecular formula is C14H19N5O. The first-order valence-electron chi connectivity index (χ1n) is 6.45. The van der Waals surface area contributed by atoms with Crippen molar-refractivity contribution < 1.29 is 4.74 Å². The molecule has 0 unspecified atom stereocenters. The van der Waals surface area contributed by atoms with E-state index in [1.165, 1.54) is 0 Å². The number of guanidine groups is 1. The summed E-state index contributed by atoms with van der Waals surface area (Å²) in [6.07, 6.45) is 4.43. The van der Waals surface area contributed by atoms with E-state index in [0.717, 1.165) is 22.9 Å². The van der Waals surface area contributed by atoms with Gasteiger partial charge in [-0.15, -0.1) is 0 Å². The fourth-order valence-corrected chi connectivity index (χ4v) is 1.87. The van der Waals surface area contributed by atoms with Gasteiger partial charge in [-0.3, -0.25) is 15.4 Å². The van der Waals surface area contributed by atoms with E-state index in [-0.39, 0.29) is 0 Å². The first-order chi connectivity index (χ1) is 9.85. The van der Waals surface area contributed by atoms with Crippen molar-refractivity contribution in [1.29, 1.82) is 0 Å². The van der Waals surface area contributed by atoms with Gasteiger partial charge in [0.2, 0.25) is 5.96 Å². The average Bonchev–Trinajstić information content (AvgIpc) is 2.50. The molecule has 0 spiro atoms. The van der Waals surface area contributed by atoms with Crippen LogP contribution in [0.2, 0.25) is 0 Å². The van der Waals surface area contributed by atoms with Crippen LogP contribution in [0.4, 0.5) is 5.69 Å². The van der Waals surface area contributed by atoms with Crippen molar-refractivity contribution in [1.82, 2.24) is 10.4 Å². The quantitative estimate of drug-likeness (QED) is 0.253. The van der Waals surface area contributed by atoms with E-state index in [0.29, 0.717) is 19.1 Å². The maximum absolute atomic E-state index is 5.49. The maximum atomic E-state index is 5.49. The highest BCUT2D eigenvalue weighted by Crippen LogP contribution is 2.21. The smallest absolute Gasteiger partial charge is 0.210 e. The van der Waals surface area contributed by atoms with E-state index >= 15 is 0 Å². The number of nitrogens with one attached hydrogen (secondary N) is 2. The van der Waals surface area contributed by atoms with Gasteiger partial charge in [-0.1, -0.05) is 12.1 Å². The molecule has 0 amide bonds. The van der Waals surface area contributed by atoms with Crippen LogP contribution in [0.5, 0.6) is 0 Å². The van der Waals surface area contributed by atoms with Crippen molar-refractivity contribution in [3.05, 3.63) is 36.7 Å². The van der Waals surface area contributed by atoms with Crippen LogP contribution in [0.1, 0.15) is 6.42 Å². The maximum Gasteiger partial charge on any atom is 0.210 e. The summed E-state index contributed by atoms with van der Waals surface area (Å²) in [5.74, 6) is 6.01. The largest absolute Gasteiger partial charge is 0.385 e. The number of aliphatic imine (C=N–C) groups is 1. The number of hydrazine groups is 1. The Hall–Kier alpha value is -2.18. The second kappa shape index (κ2) is 7.42.